The fourth-order valence-electron chi connectivity index (χ4n) is 3.34. The fraction of sp³-hybridized carbons (Fsp3) is 0.333. The molecule has 0 unspecified atom stereocenters. The number of amides is 1. The van der Waals surface area contributed by atoms with Crippen LogP contribution in [0.15, 0.2) is 47.4 Å². The second kappa shape index (κ2) is 9.16. The highest BCUT2D eigenvalue weighted by molar-refractivity contribution is 7.89. The molecule has 0 bridgehead atoms. The van der Waals surface area contributed by atoms with Gasteiger partial charge in [-0.1, -0.05) is 31.5 Å². The van der Waals surface area contributed by atoms with Crippen LogP contribution in [0.5, 0.6) is 0 Å². The Bertz CT molecular complexity index is 1170. The van der Waals surface area contributed by atoms with E-state index in [4.69, 9.17) is 11.6 Å². The van der Waals surface area contributed by atoms with Gasteiger partial charge in [0.25, 0.3) is 0 Å². The maximum Gasteiger partial charge on any atom is 0.243 e. The third-order valence-corrected chi connectivity index (χ3v) is 7.25. The lowest BCUT2D eigenvalue weighted by molar-refractivity contribution is -0.116. The molecule has 0 aliphatic heterocycles. The number of nitrogens with one attached hydrogen (secondary N) is 1. The molecule has 1 N–H and O–H groups in total. The van der Waals surface area contributed by atoms with Crippen molar-refractivity contribution >= 4 is 44.3 Å². The van der Waals surface area contributed by atoms with Gasteiger partial charge < -0.3 is 9.88 Å². The van der Waals surface area contributed by atoms with Gasteiger partial charge in [-0.2, -0.15) is 4.31 Å². The first kappa shape index (κ1) is 22.3. The van der Waals surface area contributed by atoms with E-state index in [9.17, 15) is 13.2 Å². The zero-order chi connectivity index (χ0) is 21.9. The number of fused-ring (bicyclic) bond motifs is 1. The average Bonchev–Trinajstić information content (AvgIpc) is 3.02. The van der Waals surface area contributed by atoms with Gasteiger partial charge in [0.15, 0.2) is 0 Å². The van der Waals surface area contributed by atoms with E-state index in [1.165, 1.54) is 4.31 Å². The molecule has 0 aliphatic carbocycles. The lowest BCUT2D eigenvalue weighted by atomic mass is 10.2. The van der Waals surface area contributed by atoms with Crippen LogP contribution >= 0.6 is 11.6 Å². The molecule has 1 amide bonds. The number of aryl methyl sites for hydroxylation is 2. The number of aromatic nitrogens is 2. The molecule has 0 fully saturated rings. The summed E-state index contributed by atoms with van der Waals surface area (Å²) >= 11 is 5.94. The van der Waals surface area contributed by atoms with Crippen molar-refractivity contribution in [2.75, 3.05) is 18.4 Å². The molecule has 0 spiro atoms. The molecule has 30 heavy (non-hydrogen) atoms. The highest BCUT2D eigenvalue weighted by Crippen LogP contribution is 2.23. The number of nitrogens with zero attached hydrogens (tertiary/aromatic N) is 3. The molecule has 2 aromatic carbocycles. The van der Waals surface area contributed by atoms with Crippen LogP contribution < -0.4 is 5.32 Å². The highest BCUT2D eigenvalue weighted by Gasteiger charge is 2.22. The molecule has 0 saturated carbocycles. The van der Waals surface area contributed by atoms with Crippen molar-refractivity contribution in [1.82, 2.24) is 13.9 Å². The summed E-state index contributed by atoms with van der Waals surface area (Å²) in [7, 11) is -1.69. The minimum absolute atomic E-state index is 0.144. The van der Waals surface area contributed by atoms with Crippen LogP contribution in [0.2, 0.25) is 5.02 Å². The summed E-state index contributed by atoms with van der Waals surface area (Å²) in [6.07, 6.45) is 0.671. The molecule has 1 aromatic heterocycles. The van der Waals surface area contributed by atoms with Crippen LogP contribution in [-0.2, 0) is 28.3 Å². The lowest BCUT2D eigenvalue weighted by Gasteiger charge is -2.18. The van der Waals surface area contributed by atoms with Gasteiger partial charge in [-0.15, -0.1) is 0 Å². The summed E-state index contributed by atoms with van der Waals surface area (Å²) in [5.74, 6) is 0.567. The van der Waals surface area contributed by atoms with E-state index in [0.29, 0.717) is 41.6 Å². The maximum atomic E-state index is 12.8. The van der Waals surface area contributed by atoms with E-state index in [-0.39, 0.29) is 17.2 Å². The van der Waals surface area contributed by atoms with Crippen molar-refractivity contribution in [3.05, 3.63) is 53.3 Å². The molecular formula is C21H25ClN4O3S. The van der Waals surface area contributed by atoms with Gasteiger partial charge in [0.1, 0.15) is 5.82 Å². The van der Waals surface area contributed by atoms with Gasteiger partial charge >= 0.3 is 0 Å². The lowest BCUT2D eigenvalue weighted by Crippen LogP contribution is -2.30. The number of hydrogen-bond donors (Lipinski definition) is 1. The zero-order valence-corrected chi connectivity index (χ0v) is 18.8. The molecule has 3 rings (SSSR count). The standard InChI is InChI=1S/C21H25ClN4O3S/c1-4-26(5-2)30(28,29)17-9-10-19-18(14-17)24-20(25(19)3)11-12-21(27)23-16-8-6-7-15(22)13-16/h6-10,13-14H,4-5,11-12H2,1-3H3,(H,23,27). The van der Waals surface area contributed by atoms with Gasteiger partial charge in [-0.25, -0.2) is 13.4 Å². The molecule has 160 valence electrons. The third-order valence-electron chi connectivity index (χ3n) is 4.97. The van der Waals surface area contributed by atoms with E-state index in [2.05, 4.69) is 10.3 Å². The highest BCUT2D eigenvalue weighted by atomic mass is 35.5. The largest absolute Gasteiger partial charge is 0.331 e. The van der Waals surface area contributed by atoms with E-state index < -0.39 is 10.0 Å². The minimum atomic E-state index is -3.55. The molecule has 9 heteroatoms. The van der Waals surface area contributed by atoms with Crippen molar-refractivity contribution in [1.29, 1.82) is 0 Å². The Morgan fingerprint density at radius 2 is 1.90 bits per heavy atom. The summed E-state index contributed by atoms with van der Waals surface area (Å²) in [6.45, 7) is 4.44. The zero-order valence-electron chi connectivity index (χ0n) is 17.2. The van der Waals surface area contributed by atoms with Gasteiger partial charge in [0, 0.05) is 43.7 Å². The number of carbonyl (C=O) groups is 1. The number of hydrogen-bond acceptors (Lipinski definition) is 4. The van der Waals surface area contributed by atoms with Crippen molar-refractivity contribution in [2.24, 2.45) is 7.05 Å². The summed E-state index contributed by atoms with van der Waals surface area (Å²) in [6, 6.07) is 11.9. The number of benzene rings is 2. The number of anilines is 1. The molecule has 1 heterocycles. The van der Waals surface area contributed by atoms with E-state index in [0.717, 1.165) is 5.52 Å². The quantitative estimate of drug-likeness (QED) is 0.567. The Kier molecular flexibility index (Phi) is 6.80. The fourth-order valence-corrected chi connectivity index (χ4v) is 5.01. The Balaban J connectivity index is 1.77. The number of sulfonamides is 1. The Labute approximate surface area is 181 Å². The first-order valence-electron chi connectivity index (χ1n) is 9.77. The first-order chi connectivity index (χ1) is 14.3. The number of rotatable bonds is 8. The predicted molar refractivity (Wildman–Crippen MR) is 119 cm³/mol. The van der Waals surface area contributed by atoms with Crippen molar-refractivity contribution in [3.8, 4) is 0 Å². The second-order valence-electron chi connectivity index (χ2n) is 6.89. The van der Waals surface area contributed by atoms with Crippen LogP contribution in [0.25, 0.3) is 11.0 Å². The first-order valence-corrected chi connectivity index (χ1v) is 11.6. The monoisotopic (exact) mass is 448 g/mol. The molecule has 3 aromatic rings. The summed E-state index contributed by atoms with van der Waals surface area (Å²) in [5.41, 5.74) is 2.05. The van der Waals surface area contributed by atoms with Crippen LogP contribution in [0.4, 0.5) is 5.69 Å². The number of halogens is 1. The Morgan fingerprint density at radius 1 is 1.17 bits per heavy atom. The van der Waals surface area contributed by atoms with Crippen LogP contribution in [0, 0.1) is 0 Å². The summed E-state index contributed by atoms with van der Waals surface area (Å²) < 4.78 is 28.8. The van der Waals surface area contributed by atoms with E-state index in [1.54, 1.807) is 42.5 Å². The smallest absolute Gasteiger partial charge is 0.243 e. The van der Waals surface area contributed by atoms with Crippen molar-refractivity contribution in [3.63, 3.8) is 0 Å². The second-order valence-corrected chi connectivity index (χ2v) is 9.26. The maximum absolute atomic E-state index is 12.8. The van der Waals surface area contributed by atoms with Crippen molar-refractivity contribution in [2.45, 2.75) is 31.6 Å². The SMILES string of the molecule is CCN(CC)S(=O)(=O)c1ccc2c(c1)nc(CCC(=O)Nc1cccc(Cl)c1)n2C. The van der Waals surface area contributed by atoms with Crippen LogP contribution in [0.1, 0.15) is 26.1 Å². The van der Waals surface area contributed by atoms with E-state index >= 15 is 0 Å². The molecule has 0 radical (unpaired) electrons. The summed E-state index contributed by atoms with van der Waals surface area (Å²) in [5, 5.41) is 3.37. The predicted octanol–water partition coefficient (Wildman–Crippen LogP) is 3.83. The molecule has 0 aliphatic rings. The number of carbonyl (C=O) groups excluding carboxylic acids is 1. The van der Waals surface area contributed by atoms with Crippen molar-refractivity contribution < 1.29 is 13.2 Å². The van der Waals surface area contributed by atoms with Crippen LogP contribution in [0.3, 0.4) is 0 Å². The van der Waals surface area contributed by atoms with E-state index in [1.807, 2.05) is 25.5 Å². The normalized spacial score (nSPS) is 11.9. The van der Waals surface area contributed by atoms with Gasteiger partial charge in [0.05, 0.1) is 15.9 Å². The molecule has 0 atom stereocenters. The van der Waals surface area contributed by atoms with Gasteiger partial charge in [0.2, 0.25) is 15.9 Å². The topological polar surface area (TPSA) is 84.3 Å². The molecular weight excluding hydrogens is 424 g/mol. The summed E-state index contributed by atoms with van der Waals surface area (Å²) in [4.78, 5) is 17.1. The Morgan fingerprint density at radius 3 is 2.57 bits per heavy atom. The molecule has 0 saturated heterocycles. The number of imidazole rings is 1. The molecule has 7 nitrogen and oxygen atoms in total. The minimum Gasteiger partial charge on any atom is -0.331 e. The Hall–Kier alpha value is -2.42. The average molecular weight is 449 g/mol. The van der Waals surface area contributed by atoms with Crippen LogP contribution in [-0.4, -0.2) is 41.3 Å². The van der Waals surface area contributed by atoms with Gasteiger partial charge in [-0.05, 0) is 36.4 Å². The third kappa shape index (κ3) is 4.66. The van der Waals surface area contributed by atoms with Gasteiger partial charge in [-0.3, -0.25) is 4.79 Å².